The molecule has 1 aromatic heterocycles. The average molecular weight is 420 g/mol. The van der Waals surface area contributed by atoms with E-state index >= 15 is 0 Å². The quantitative estimate of drug-likeness (QED) is 0.689. The second kappa shape index (κ2) is 8.57. The molecule has 1 fully saturated rings. The first-order valence-electron chi connectivity index (χ1n) is 9.91. The molecular weight excluding hydrogens is 390 g/mol. The van der Waals surface area contributed by atoms with Gasteiger partial charge in [-0.15, -0.1) is 0 Å². The molecule has 1 aliphatic rings. The molecule has 158 valence electrons. The Morgan fingerprint density at radius 2 is 2.10 bits per heavy atom. The van der Waals surface area contributed by atoms with Crippen molar-refractivity contribution >= 4 is 15.7 Å². The van der Waals surface area contributed by atoms with Gasteiger partial charge in [-0.05, 0) is 44.4 Å². The molecule has 29 heavy (non-hydrogen) atoms. The third-order valence-corrected chi connectivity index (χ3v) is 7.27. The lowest BCUT2D eigenvalue weighted by atomic mass is 10.1. The van der Waals surface area contributed by atoms with Crippen LogP contribution < -0.4 is 4.74 Å². The molecule has 3 rings (SSSR count). The fourth-order valence-electron chi connectivity index (χ4n) is 3.69. The van der Waals surface area contributed by atoms with Gasteiger partial charge in [-0.1, -0.05) is 19.1 Å². The predicted molar refractivity (Wildman–Crippen MR) is 112 cm³/mol. The summed E-state index contributed by atoms with van der Waals surface area (Å²) in [5, 5.41) is 4.57. The lowest BCUT2D eigenvalue weighted by Crippen LogP contribution is -2.31. The fraction of sp³-hybridized carbons (Fsp3) is 0.524. The minimum atomic E-state index is -2.98. The average Bonchev–Trinajstić information content (AvgIpc) is 3.19. The van der Waals surface area contributed by atoms with Crippen LogP contribution in [0.2, 0.25) is 0 Å². The van der Waals surface area contributed by atoms with E-state index in [0.29, 0.717) is 18.7 Å². The summed E-state index contributed by atoms with van der Waals surface area (Å²) < 4.78 is 31.1. The number of sulfone groups is 1. The van der Waals surface area contributed by atoms with Gasteiger partial charge in [-0.2, -0.15) is 5.10 Å². The van der Waals surface area contributed by atoms with E-state index in [0.717, 1.165) is 28.9 Å². The van der Waals surface area contributed by atoms with E-state index in [9.17, 15) is 13.2 Å². The number of benzene rings is 1. The largest absolute Gasteiger partial charge is 0.484 e. The molecule has 0 bridgehead atoms. The molecule has 1 amide bonds. The molecule has 2 heterocycles. The van der Waals surface area contributed by atoms with E-state index in [4.69, 9.17) is 4.74 Å². The third kappa shape index (κ3) is 4.98. The van der Waals surface area contributed by atoms with Crippen LogP contribution >= 0.6 is 0 Å². The Morgan fingerprint density at radius 3 is 2.76 bits per heavy atom. The van der Waals surface area contributed by atoms with Crippen molar-refractivity contribution in [2.24, 2.45) is 0 Å². The number of hydrogen-bond donors (Lipinski definition) is 0. The monoisotopic (exact) mass is 419 g/mol. The van der Waals surface area contributed by atoms with Crippen LogP contribution in [0, 0.1) is 13.8 Å². The zero-order valence-corrected chi connectivity index (χ0v) is 18.3. The molecule has 0 spiro atoms. The number of rotatable bonds is 7. The number of hydrogen-bond acceptors (Lipinski definition) is 5. The van der Waals surface area contributed by atoms with Gasteiger partial charge in [0, 0.05) is 24.8 Å². The van der Waals surface area contributed by atoms with E-state index in [-0.39, 0.29) is 30.1 Å². The van der Waals surface area contributed by atoms with Crippen molar-refractivity contribution in [2.45, 2.75) is 46.2 Å². The molecule has 0 radical (unpaired) electrons. The molecule has 0 aliphatic carbocycles. The highest BCUT2D eigenvalue weighted by atomic mass is 32.2. The van der Waals surface area contributed by atoms with Gasteiger partial charge in [0.05, 0.1) is 23.2 Å². The van der Waals surface area contributed by atoms with E-state index in [1.54, 1.807) is 11.9 Å². The number of carbonyl (C=O) groups is 1. The van der Waals surface area contributed by atoms with Crippen LogP contribution in [0.4, 0.5) is 0 Å². The van der Waals surface area contributed by atoms with E-state index in [1.807, 2.05) is 42.8 Å². The van der Waals surface area contributed by atoms with Crippen molar-refractivity contribution in [3.05, 3.63) is 46.8 Å². The van der Waals surface area contributed by atoms with Crippen LogP contribution in [0.1, 0.15) is 41.9 Å². The van der Waals surface area contributed by atoms with Crippen LogP contribution in [0.5, 0.6) is 5.75 Å². The van der Waals surface area contributed by atoms with Gasteiger partial charge in [-0.25, -0.2) is 8.42 Å². The van der Waals surface area contributed by atoms with Gasteiger partial charge in [-0.3, -0.25) is 9.48 Å². The van der Waals surface area contributed by atoms with Crippen molar-refractivity contribution in [1.82, 2.24) is 14.7 Å². The summed E-state index contributed by atoms with van der Waals surface area (Å²) in [6.07, 6.45) is 1.50. The number of carbonyl (C=O) groups excluding carboxylic acids is 1. The van der Waals surface area contributed by atoms with Gasteiger partial charge in [0.25, 0.3) is 5.91 Å². The van der Waals surface area contributed by atoms with Crippen LogP contribution in [0.25, 0.3) is 0 Å². The smallest absolute Gasteiger partial charge is 0.260 e. The number of nitrogens with zero attached hydrogens (tertiary/aromatic N) is 3. The molecule has 1 aliphatic heterocycles. The summed E-state index contributed by atoms with van der Waals surface area (Å²) in [5.41, 5.74) is 3.86. The first-order valence-corrected chi connectivity index (χ1v) is 11.7. The van der Waals surface area contributed by atoms with Crippen LogP contribution in [0.3, 0.4) is 0 Å². The van der Waals surface area contributed by atoms with Crippen molar-refractivity contribution in [1.29, 1.82) is 0 Å². The molecule has 0 saturated carbocycles. The molecule has 8 heteroatoms. The number of amides is 1. The molecule has 0 N–H and O–H groups in total. The minimum Gasteiger partial charge on any atom is -0.484 e. The molecule has 0 unspecified atom stereocenters. The van der Waals surface area contributed by atoms with Gasteiger partial charge in [0.15, 0.2) is 16.4 Å². The zero-order valence-electron chi connectivity index (χ0n) is 17.5. The molecular formula is C21H29N3O4S. The van der Waals surface area contributed by atoms with Crippen molar-refractivity contribution in [3.8, 4) is 5.75 Å². The van der Waals surface area contributed by atoms with Gasteiger partial charge < -0.3 is 9.64 Å². The van der Waals surface area contributed by atoms with Crippen molar-refractivity contribution in [3.63, 3.8) is 0 Å². The summed E-state index contributed by atoms with van der Waals surface area (Å²) in [7, 11) is -1.24. The number of aromatic nitrogens is 2. The first kappa shape index (κ1) is 21.4. The summed E-state index contributed by atoms with van der Waals surface area (Å²) in [6.45, 7) is 6.29. The molecule has 7 nitrogen and oxygen atoms in total. The molecule has 1 aromatic carbocycles. The van der Waals surface area contributed by atoms with E-state index < -0.39 is 9.84 Å². The maximum atomic E-state index is 12.5. The summed E-state index contributed by atoms with van der Waals surface area (Å²) in [5.74, 6) is 0.907. The summed E-state index contributed by atoms with van der Waals surface area (Å²) in [4.78, 5) is 14.2. The Bertz CT molecular complexity index is 997. The Morgan fingerprint density at radius 1 is 1.34 bits per heavy atom. The standard InChI is InChI=1S/C21H29N3O4S/c1-5-17-7-6-8-19(11-17)28-13-21(25)23(4)12-20-15(2)22-24(16(20)3)18-9-10-29(26,27)14-18/h6-8,11,18H,5,9-10,12-14H2,1-4H3/t18-/m1/s1. The van der Waals surface area contributed by atoms with Crippen LogP contribution in [-0.2, 0) is 27.6 Å². The first-order chi connectivity index (χ1) is 13.7. The molecule has 1 saturated heterocycles. The minimum absolute atomic E-state index is 0.0310. The number of ether oxygens (including phenoxy) is 1. The van der Waals surface area contributed by atoms with Gasteiger partial charge in [0.2, 0.25) is 0 Å². The Hall–Kier alpha value is -2.35. The SMILES string of the molecule is CCc1cccc(OCC(=O)N(C)Cc2c(C)nn([C@@H]3CCS(=O)(=O)C3)c2C)c1. The van der Waals surface area contributed by atoms with E-state index in [1.165, 1.54) is 0 Å². The topological polar surface area (TPSA) is 81.5 Å². The molecule has 1 atom stereocenters. The number of likely N-dealkylation sites (N-methyl/N-ethyl adjacent to an activating group) is 1. The maximum absolute atomic E-state index is 12.5. The van der Waals surface area contributed by atoms with Gasteiger partial charge >= 0.3 is 0 Å². The van der Waals surface area contributed by atoms with Crippen LogP contribution in [-0.4, -0.2) is 54.2 Å². The fourth-order valence-corrected chi connectivity index (χ4v) is 5.38. The maximum Gasteiger partial charge on any atom is 0.260 e. The highest BCUT2D eigenvalue weighted by molar-refractivity contribution is 7.91. The van der Waals surface area contributed by atoms with Gasteiger partial charge in [0.1, 0.15) is 5.75 Å². The highest BCUT2D eigenvalue weighted by Gasteiger charge is 2.31. The second-order valence-corrected chi connectivity index (χ2v) is 9.92. The number of aryl methyl sites for hydroxylation is 2. The second-order valence-electron chi connectivity index (χ2n) is 7.69. The van der Waals surface area contributed by atoms with Crippen LogP contribution in [0.15, 0.2) is 24.3 Å². The zero-order chi connectivity index (χ0) is 21.2. The van der Waals surface area contributed by atoms with Crippen molar-refractivity contribution in [2.75, 3.05) is 25.2 Å². The summed E-state index contributed by atoms with van der Waals surface area (Å²) in [6, 6.07) is 7.62. The highest BCUT2D eigenvalue weighted by Crippen LogP contribution is 2.27. The lowest BCUT2D eigenvalue weighted by Gasteiger charge is -2.18. The lowest BCUT2D eigenvalue weighted by molar-refractivity contribution is -0.132. The predicted octanol–water partition coefficient (Wildman–Crippen LogP) is 2.46. The molecule has 2 aromatic rings. The normalized spacial score (nSPS) is 18.0. The van der Waals surface area contributed by atoms with Crippen molar-refractivity contribution < 1.29 is 17.9 Å². The Balaban J connectivity index is 1.64. The Labute approximate surface area is 172 Å². The third-order valence-electron chi connectivity index (χ3n) is 5.52. The van der Waals surface area contributed by atoms with E-state index in [2.05, 4.69) is 12.0 Å². The Kier molecular flexibility index (Phi) is 6.31. The summed E-state index contributed by atoms with van der Waals surface area (Å²) >= 11 is 0.